The lowest BCUT2D eigenvalue weighted by atomic mass is 9.81. The van der Waals surface area contributed by atoms with Gasteiger partial charge in [-0.2, -0.15) is 0 Å². The van der Waals surface area contributed by atoms with Gasteiger partial charge in [-0.25, -0.2) is 0 Å². The molecule has 1 aliphatic rings. The van der Waals surface area contributed by atoms with Crippen LogP contribution in [0.25, 0.3) is 88.0 Å². The van der Waals surface area contributed by atoms with Crippen LogP contribution in [0.5, 0.6) is 0 Å². The van der Waals surface area contributed by atoms with E-state index in [1.807, 2.05) is 0 Å². The van der Waals surface area contributed by atoms with Crippen LogP contribution in [0.2, 0.25) is 0 Å². The van der Waals surface area contributed by atoms with Crippen molar-refractivity contribution in [3.8, 4) is 44.5 Å². The molecule has 288 valence electrons. The van der Waals surface area contributed by atoms with Gasteiger partial charge in [0, 0.05) is 33.0 Å². The summed E-state index contributed by atoms with van der Waals surface area (Å²) in [6, 6.07) is 77.3. The van der Waals surface area contributed by atoms with E-state index in [-0.39, 0.29) is 5.41 Å². The van der Waals surface area contributed by atoms with Crippen LogP contribution in [-0.2, 0) is 5.41 Å². The molecule has 0 saturated carbocycles. The van der Waals surface area contributed by atoms with Gasteiger partial charge in [-0.3, -0.25) is 0 Å². The number of benzene rings is 10. The Morgan fingerprint density at radius 1 is 0.377 bits per heavy atom. The smallest absolute Gasteiger partial charge is 0.143 e. The fourth-order valence-electron chi connectivity index (χ4n) is 10.1. The third-order valence-electron chi connectivity index (χ3n) is 13.0. The molecular weight excluding hydrogens is 739 g/mol. The van der Waals surface area contributed by atoms with Gasteiger partial charge in [0.25, 0.3) is 0 Å². The van der Waals surface area contributed by atoms with Gasteiger partial charge in [0.1, 0.15) is 11.2 Å². The van der Waals surface area contributed by atoms with Crippen molar-refractivity contribution in [2.75, 3.05) is 4.90 Å². The molecule has 11 aromatic rings. The van der Waals surface area contributed by atoms with E-state index in [0.29, 0.717) is 0 Å². The lowest BCUT2D eigenvalue weighted by Gasteiger charge is -2.33. The normalized spacial score (nSPS) is 12.9. The number of nitrogens with zero attached hydrogens (tertiary/aromatic N) is 1. The first-order valence-electron chi connectivity index (χ1n) is 21.2. The van der Waals surface area contributed by atoms with E-state index >= 15 is 0 Å². The van der Waals surface area contributed by atoms with Crippen molar-refractivity contribution in [1.82, 2.24) is 0 Å². The monoisotopic (exact) mass is 779 g/mol. The molecule has 0 radical (unpaired) electrons. The Morgan fingerprint density at radius 3 is 1.74 bits per heavy atom. The van der Waals surface area contributed by atoms with E-state index in [0.717, 1.165) is 44.4 Å². The number of hydrogen-bond acceptors (Lipinski definition) is 2. The van der Waals surface area contributed by atoms with Crippen LogP contribution < -0.4 is 4.90 Å². The average Bonchev–Trinajstić information content (AvgIpc) is 3.80. The molecule has 61 heavy (non-hydrogen) atoms. The van der Waals surface area contributed by atoms with Crippen LogP contribution in [0.4, 0.5) is 17.1 Å². The average molecular weight is 780 g/mol. The highest BCUT2D eigenvalue weighted by atomic mass is 16.3. The van der Waals surface area contributed by atoms with Gasteiger partial charge in [0.15, 0.2) is 0 Å². The van der Waals surface area contributed by atoms with Gasteiger partial charge in [-0.05, 0) is 102 Å². The Hall–Kier alpha value is -7.68. The van der Waals surface area contributed by atoms with Crippen LogP contribution in [0, 0.1) is 0 Å². The maximum Gasteiger partial charge on any atom is 0.143 e. The van der Waals surface area contributed by atoms with Gasteiger partial charge in [-0.15, -0.1) is 0 Å². The van der Waals surface area contributed by atoms with E-state index in [2.05, 4.69) is 231 Å². The summed E-state index contributed by atoms with van der Waals surface area (Å²) in [5.41, 5.74) is 17.2. The molecule has 2 nitrogen and oxygen atoms in total. The Bertz CT molecular complexity index is 3490. The number of hydrogen-bond donors (Lipinski definition) is 0. The summed E-state index contributed by atoms with van der Waals surface area (Å²) >= 11 is 0. The standard InChI is InChI=1S/C59H41NO/c1-59(2)53-25-9-7-19-47(53)49-22-13-27-55(57(49)59)60(44-34-32-39(33-35-44)38-28-30-41(31-29-38)46-21-11-17-40-14-5-6-18-45(40)46)54-26-10-8-20-48(54)50-23-12-24-51-52-36-42-15-3-4-16-43(42)37-56(52)61-58(50)51/h3-37H,1-2H3. The molecular formula is C59H41NO. The molecule has 0 bridgehead atoms. The quantitative estimate of drug-likeness (QED) is 0.167. The van der Waals surface area contributed by atoms with Crippen molar-refractivity contribution < 1.29 is 4.42 Å². The van der Waals surface area contributed by atoms with E-state index < -0.39 is 0 Å². The maximum atomic E-state index is 6.85. The first kappa shape index (κ1) is 35.3. The zero-order chi connectivity index (χ0) is 40.7. The second-order valence-electron chi connectivity index (χ2n) is 16.9. The SMILES string of the molecule is CC1(C)c2ccccc2-c2cccc(N(c3ccc(-c4ccc(-c5cccc6ccccc56)cc4)cc3)c3ccccc3-c3cccc4c3oc3cc5ccccc5cc34)c21. The van der Waals surface area contributed by atoms with Gasteiger partial charge < -0.3 is 9.32 Å². The van der Waals surface area contributed by atoms with E-state index in [1.54, 1.807) is 0 Å². The van der Waals surface area contributed by atoms with Gasteiger partial charge >= 0.3 is 0 Å². The molecule has 0 spiro atoms. The first-order valence-corrected chi connectivity index (χ1v) is 21.2. The fourth-order valence-corrected chi connectivity index (χ4v) is 10.1. The summed E-state index contributed by atoms with van der Waals surface area (Å²) < 4.78 is 6.85. The van der Waals surface area contributed by atoms with Crippen molar-refractivity contribution in [2.45, 2.75) is 19.3 Å². The predicted molar refractivity (Wildman–Crippen MR) is 257 cm³/mol. The second-order valence-corrected chi connectivity index (χ2v) is 16.9. The summed E-state index contributed by atoms with van der Waals surface area (Å²) in [6.45, 7) is 4.74. The molecule has 0 atom stereocenters. The number of furan rings is 1. The third-order valence-corrected chi connectivity index (χ3v) is 13.0. The van der Waals surface area contributed by atoms with Crippen molar-refractivity contribution in [3.63, 3.8) is 0 Å². The highest BCUT2D eigenvalue weighted by Crippen LogP contribution is 2.55. The number of para-hydroxylation sites is 2. The van der Waals surface area contributed by atoms with Crippen molar-refractivity contribution in [3.05, 3.63) is 223 Å². The third kappa shape index (κ3) is 5.56. The zero-order valence-electron chi connectivity index (χ0n) is 34.1. The minimum Gasteiger partial charge on any atom is -0.455 e. The summed E-state index contributed by atoms with van der Waals surface area (Å²) in [4.78, 5) is 2.48. The Labute approximate surface area is 355 Å². The summed E-state index contributed by atoms with van der Waals surface area (Å²) in [6.07, 6.45) is 0. The topological polar surface area (TPSA) is 16.4 Å². The molecule has 0 aliphatic heterocycles. The largest absolute Gasteiger partial charge is 0.455 e. The highest BCUT2D eigenvalue weighted by molar-refractivity contribution is 6.14. The van der Waals surface area contributed by atoms with Crippen LogP contribution in [0.3, 0.4) is 0 Å². The number of rotatable bonds is 6. The van der Waals surface area contributed by atoms with Crippen molar-refractivity contribution in [1.29, 1.82) is 0 Å². The Balaban J connectivity index is 1.02. The van der Waals surface area contributed by atoms with Gasteiger partial charge in [0.2, 0.25) is 0 Å². The highest BCUT2D eigenvalue weighted by Gasteiger charge is 2.39. The Morgan fingerprint density at radius 2 is 0.918 bits per heavy atom. The maximum absolute atomic E-state index is 6.85. The molecule has 0 saturated heterocycles. The molecule has 0 N–H and O–H groups in total. The molecule has 1 heterocycles. The zero-order valence-corrected chi connectivity index (χ0v) is 34.1. The lowest BCUT2D eigenvalue weighted by Crippen LogP contribution is -2.21. The molecule has 1 aromatic heterocycles. The molecule has 10 aromatic carbocycles. The first-order chi connectivity index (χ1) is 30.0. The number of anilines is 3. The molecule has 0 fully saturated rings. The van der Waals surface area contributed by atoms with Crippen molar-refractivity contribution >= 4 is 60.5 Å². The van der Waals surface area contributed by atoms with Crippen LogP contribution in [0.15, 0.2) is 217 Å². The van der Waals surface area contributed by atoms with E-state index in [4.69, 9.17) is 4.42 Å². The summed E-state index contributed by atoms with van der Waals surface area (Å²) in [5, 5.41) is 7.16. The van der Waals surface area contributed by atoms with Crippen LogP contribution in [0.1, 0.15) is 25.0 Å². The minimum atomic E-state index is -0.220. The van der Waals surface area contributed by atoms with Gasteiger partial charge in [0.05, 0.1) is 11.4 Å². The van der Waals surface area contributed by atoms with Crippen LogP contribution >= 0.6 is 0 Å². The Kier molecular flexibility index (Phi) is 7.92. The van der Waals surface area contributed by atoms with E-state index in [1.165, 1.54) is 71.7 Å². The predicted octanol–water partition coefficient (Wildman–Crippen LogP) is 16.7. The van der Waals surface area contributed by atoms with Crippen LogP contribution in [-0.4, -0.2) is 0 Å². The fraction of sp³-hybridized carbons (Fsp3) is 0.0508. The van der Waals surface area contributed by atoms with E-state index in [9.17, 15) is 0 Å². The molecule has 12 rings (SSSR count). The number of fused-ring (bicyclic) bond motifs is 8. The molecule has 0 amide bonds. The van der Waals surface area contributed by atoms with Crippen molar-refractivity contribution in [2.24, 2.45) is 0 Å². The minimum absolute atomic E-state index is 0.220. The molecule has 2 heteroatoms. The summed E-state index contributed by atoms with van der Waals surface area (Å²) in [7, 11) is 0. The molecule has 0 unspecified atom stereocenters. The lowest BCUT2D eigenvalue weighted by molar-refractivity contribution is 0.660. The molecule has 1 aliphatic carbocycles. The summed E-state index contributed by atoms with van der Waals surface area (Å²) in [5.74, 6) is 0. The second kappa shape index (κ2) is 13.7. The van der Waals surface area contributed by atoms with Gasteiger partial charge in [-0.1, -0.05) is 190 Å².